The van der Waals surface area contributed by atoms with Crippen molar-refractivity contribution in [3.8, 4) is 11.3 Å². The highest BCUT2D eigenvalue weighted by Crippen LogP contribution is 2.46. The fraction of sp³-hybridized carbons (Fsp3) is 0.350. The number of nitrogens with zero attached hydrogens (tertiary/aromatic N) is 3. The van der Waals surface area contributed by atoms with Gasteiger partial charge in [0, 0.05) is 24.2 Å². The van der Waals surface area contributed by atoms with E-state index in [1.807, 2.05) is 0 Å². The summed E-state index contributed by atoms with van der Waals surface area (Å²) in [6.07, 6.45) is -5.42. The van der Waals surface area contributed by atoms with Crippen LogP contribution in [0.2, 0.25) is 5.02 Å². The molecule has 1 saturated carbocycles. The van der Waals surface area contributed by atoms with Crippen LogP contribution in [-0.2, 0) is 10.9 Å². The van der Waals surface area contributed by atoms with Crippen LogP contribution in [0.25, 0.3) is 22.2 Å². The zero-order valence-electron chi connectivity index (χ0n) is 16.9. The molecule has 3 atom stereocenters. The Kier molecular flexibility index (Phi) is 5.17. The lowest BCUT2D eigenvalue weighted by Gasteiger charge is -2.23. The van der Waals surface area contributed by atoms with Crippen molar-refractivity contribution in [1.82, 2.24) is 15.0 Å². The van der Waals surface area contributed by atoms with Crippen molar-refractivity contribution in [1.29, 1.82) is 0 Å². The zero-order valence-corrected chi connectivity index (χ0v) is 17.6. The number of pyridine rings is 1. The second-order valence-corrected chi connectivity index (χ2v) is 8.33. The van der Waals surface area contributed by atoms with E-state index >= 15 is 4.39 Å². The van der Waals surface area contributed by atoms with Crippen molar-refractivity contribution in [3.63, 3.8) is 0 Å². The lowest BCUT2D eigenvalue weighted by Crippen LogP contribution is -2.33. The lowest BCUT2D eigenvalue weighted by atomic mass is 10.0. The van der Waals surface area contributed by atoms with Crippen molar-refractivity contribution in [2.24, 2.45) is 5.92 Å². The van der Waals surface area contributed by atoms with Gasteiger partial charge in [-0.25, -0.2) is 18.0 Å². The number of halogens is 7. The van der Waals surface area contributed by atoms with Gasteiger partial charge in [0.25, 0.3) is 0 Å². The quantitative estimate of drug-likeness (QED) is 0.407. The molecule has 1 aromatic carbocycles. The van der Waals surface area contributed by atoms with Gasteiger partial charge in [-0.15, -0.1) is 0 Å². The smallest absolute Gasteiger partial charge is 0.396 e. The van der Waals surface area contributed by atoms with Crippen LogP contribution in [0.15, 0.2) is 17.1 Å². The number of H-pyrrole nitrogens is 1. The Morgan fingerprint density at radius 2 is 2.00 bits per heavy atom. The summed E-state index contributed by atoms with van der Waals surface area (Å²) in [5, 5.41) is -1.40. The minimum absolute atomic E-state index is 0.0599. The van der Waals surface area contributed by atoms with Crippen LogP contribution < -0.4 is 16.3 Å². The van der Waals surface area contributed by atoms with Gasteiger partial charge in [0.1, 0.15) is 17.7 Å². The first kappa shape index (κ1) is 22.7. The molecular formula is C20H14ClF6N5O2. The summed E-state index contributed by atoms with van der Waals surface area (Å²) in [5.74, 6) is -3.39. The molecule has 3 N–H and O–H groups in total. The van der Waals surface area contributed by atoms with Crippen molar-refractivity contribution >= 4 is 34.0 Å². The number of aromatic nitrogens is 3. The van der Waals surface area contributed by atoms with E-state index < -0.39 is 74.7 Å². The van der Waals surface area contributed by atoms with E-state index in [1.54, 1.807) is 0 Å². The molecule has 180 valence electrons. The van der Waals surface area contributed by atoms with Crippen LogP contribution in [0.1, 0.15) is 5.56 Å². The molecule has 1 saturated heterocycles. The minimum Gasteiger partial charge on any atom is -0.396 e. The number of fused-ring (bicyclic) bond motifs is 2. The molecule has 7 nitrogen and oxygen atoms in total. The van der Waals surface area contributed by atoms with Crippen molar-refractivity contribution in [2.45, 2.75) is 18.4 Å². The van der Waals surface area contributed by atoms with E-state index in [9.17, 15) is 26.7 Å². The Labute approximate surface area is 191 Å². The number of aromatic amines is 1. The summed E-state index contributed by atoms with van der Waals surface area (Å²) in [4.78, 5) is 23.5. The van der Waals surface area contributed by atoms with Gasteiger partial charge in [-0.05, 0) is 6.07 Å². The number of nitrogens with two attached hydrogens (primary N) is 1. The average molecular weight is 506 g/mol. The number of hydrogen-bond acceptors (Lipinski definition) is 6. The summed E-state index contributed by atoms with van der Waals surface area (Å²) < 4.78 is 90.2. The number of nitrogen functional groups attached to an aromatic ring is 1. The Morgan fingerprint density at radius 1 is 1.26 bits per heavy atom. The topological polar surface area (TPSA) is 97.1 Å². The molecule has 3 aromatic rings. The lowest BCUT2D eigenvalue weighted by molar-refractivity contribution is -0.137. The van der Waals surface area contributed by atoms with Crippen LogP contribution in [0.4, 0.5) is 37.8 Å². The van der Waals surface area contributed by atoms with Gasteiger partial charge in [-0.2, -0.15) is 18.2 Å². The highest BCUT2D eigenvalue weighted by atomic mass is 35.5. The second kappa shape index (κ2) is 7.73. The van der Waals surface area contributed by atoms with E-state index in [0.29, 0.717) is 6.07 Å². The molecule has 2 fully saturated rings. The van der Waals surface area contributed by atoms with Gasteiger partial charge < -0.3 is 20.4 Å². The molecular weight excluding hydrogens is 492 g/mol. The maximum atomic E-state index is 15.6. The molecule has 0 bridgehead atoms. The van der Waals surface area contributed by atoms with Gasteiger partial charge in [-0.3, -0.25) is 4.98 Å². The number of benzene rings is 1. The first-order valence-electron chi connectivity index (χ1n) is 9.92. The third-order valence-electron chi connectivity index (χ3n) is 5.93. The fourth-order valence-corrected chi connectivity index (χ4v) is 4.59. The van der Waals surface area contributed by atoms with Crippen molar-refractivity contribution in [2.75, 3.05) is 30.4 Å². The van der Waals surface area contributed by atoms with Gasteiger partial charge >= 0.3 is 11.9 Å². The van der Waals surface area contributed by atoms with E-state index in [-0.39, 0.29) is 31.0 Å². The summed E-state index contributed by atoms with van der Waals surface area (Å²) in [6, 6.07) is -0.0777. The second-order valence-electron chi connectivity index (χ2n) is 7.96. The monoisotopic (exact) mass is 505 g/mol. The molecule has 0 amide bonds. The molecule has 1 aliphatic heterocycles. The average Bonchev–Trinajstić information content (AvgIpc) is 3.45. The van der Waals surface area contributed by atoms with Gasteiger partial charge in [0.05, 0.1) is 46.4 Å². The van der Waals surface area contributed by atoms with Crippen LogP contribution in [-0.4, -0.2) is 46.9 Å². The van der Waals surface area contributed by atoms with Crippen molar-refractivity contribution in [3.05, 3.63) is 45.0 Å². The molecule has 5 rings (SSSR count). The fourth-order valence-electron chi connectivity index (χ4n) is 4.27. The highest BCUT2D eigenvalue weighted by molar-refractivity contribution is 6.32. The predicted octanol–water partition coefficient (Wildman–Crippen LogP) is 3.69. The molecule has 34 heavy (non-hydrogen) atoms. The SMILES string of the molecule is Nc1cc(-c2ncc3c(N4CCOC[C@H]5[C@H](F)[C@H]54)nc(=O)[nH]c3c2F)c(C(F)(F)F)c(Cl)c1F. The Balaban J connectivity index is 1.73. The molecule has 0 spiro atoms. The Bertz CT molecular complexity index is 1380. The Morgan fingerprint density at radius 3 is 2.71 bits per heavy atom. The summed E-state index contributed by atoms with van der Waals surface area (Å²) in [7, 11) is 0. The van der Waals surface area contributed by atoms with Crippen LogP contribution in [0.3, 0.4) is 0 Å². The summed E-state index contributed by atoms with van der Waals surface area (Å²) in [5.41, 5.74) is -0.297. The van der Waals surface area contributed by atoms with Crippen LogP contribution in [0.5, 0.6) is 0 Å². The zero-order chi connectivity index (χ0) is 24.5. The highest BCUT2D eigenvalue weighted by Gasteiger charge is 2.56. The molecule has 14 heteroatoms. The van der Waals surface area contributed by atoms with E-state index in [1.165, 1.54) is 4.90 Å². The first-order chi connectivity index (χ1) is 16.0. The summed E-state index contributed by atoms with van der Waals surface area (Å²) >= 11 is 5.56. The number of rotatable bonds is 2. The third-order valence-corrected chi connectivity index (χ3v) is 6.28. The van der Waals surface area contributed by atoms with Crippen LogP contribution in [0, 0.1) is 17.6 Å². The predicted molar refractivity (Wildman–Crippen MR) is 110 cm³/mol. The van der Waals surface area contributed by atoms with E-state index in [2.05, 4.69) is 15.0 Å². The van der Waals surface area contributed by atoms with Crippen molar-refractivity contribution < 1.29 is 31.1 Å². The number of hydrogen-bond donors (Lipinski definition) is 2. The normalized spacial score (nSPS) is 22.6. The molecule has 2 aromatic heterocycles. The van der Waals surface area contributed by atoms with Gasteiger partial charge in [0.2, 0.25) is 0 Å². The number of nitrogens with one attached hydrogen (secondary N) is 1. The largest absolute Gasteiger partial charge is 0.418 e. The molecule has 2 aliphatic rings. The molecule has 0 unspecified atom stereocenters. The molecule has 0 radical (unpaired) electrons. The first-order valence-corrected chi connectivity index (χ1v) is 10.3. The minimum atomic E-state index is -5.18. The molecule has 1 aliphatic carbocycles. The maximum Gasteiger partial charge on any atom is 0.418 e. The van der Waals surface area contributed by atoms with Crippen LogP contribution >= 0.6 is 11.6 Å². The molecule has 3 heterocycles. The standard InChI is InChI=1S/C20H14ClF6N5O2/c21-11-10(20(25,26)27)6(3-9(28)13(11)23)15-14(24)16-7(4-29-15)18(31-19(33)30-16)32-1-2-34-5-8-12(22)17(8)32/h3-4,8,12,17H,1-2,5,28H2,(H,30,31,33)/t8-,12-,17-/m0/s1. The number of alkyl halides is 4. The third kappa shape index (κ3) is 3.45. The van der Waals surface area contributed by atoms with Gasteiger partial charge in [0.15, 0.2) is 11.6 Å². The Hall–Kier alpha value is -3.06. The maximum absolute atomic E-state index is 15.6. The summed E-state index contributed by atoms with van der Waals surface area (Å²) in [6.45, 7) is 0.526. The number of ether oxygens (including phenoxy) is 1. The van der Waals surface area contributed by atoms with E-state index in [0.717, 1.165) is 6.20 Å². The number of anilines is 2. The van der Waals surface area contributed by atoms with E-state index in [4.69, 9.17) is 22.1 Å². The van der Waals surface area contributed by atoms with Gasteiger partial charge in [-0.1, -0.05) is 11.6 Å².